The summed E-state index contributed by atoms with van der Waals surface area (Å²) in [5, 5.41) is 4.67. The second kappa shape index (κ2) is 9.00. The van der Waals surface area contributed by atoms with Crippen LogP contribution in [0.15, 0.2) is 33.1 Å². The number of hydrogen-bond acceptors (Lipinski definition) is 5. The molecule has 0 saturated heterocycles. The number of nitrogens with zero attached hydrogens (tertiary/aromatic N) is 5. The van der Waals surface area contributed by atoms with Crippen LogP contribution < -0.4 is 10.5 Å². The van der Waals surface area contributed by atoms with E-state index < -0.39 is 0 Å². The highest BCUT2D eigenvalue weighted by Gasteiger charge is 2.31. The zero-order chi connectivity index (χ0) is 23.8. The molecule has 0 amide bonds. The van der Waals surface area contributed by atoms with Gasteiger partial charge in [-0.15, -0.1) is 0 Å². The lowest BCUT2D eigenvalue weighted by atomic mass is 9.89. The minimum Gasteiger partial charge on any atom is -0.372 e. The van der Waals surface area contributed by atoms with E-state index in [9.17, 15) is 4.79 Å². The number of hydrogen-bond donors (Lipinski definition) is 0. The molecule has 0 radical (unpaired) electrons. The van der Waals surface area contributed by atoms with Gasteiger partial charge in [0.25, 0.3) is 5.56 Å². The van der Waals surface area contributed by atoms with Crippen molar-refractivity contribution in [2.24, 2.45) is 16.0 Å². The molecule has 32 heavy (non-hydrogen) atoms. The Kier molecular flexibility index (Phi) is 6.72. The average Bonchev–Trinajstić information content (AvgIpc) is 3.03. The van der Waals surface area contributed by atoms with E-state index in [4.69, 9.17) is 9.98 Å². The maximum absolute atomic E-state index is 13.2. The van der Waals surface area contributed by atoms with Crippen LogP contribution in [-0.4, -0.2) is 34.2 Å². The summed E-state index contributed by atoms with van der Waals surface area (Å²) in [6.07, 6.45) is 0.738. The van der Waals surface area contributed by atoms with Gasteiger partial charge < -0.3 is 4.90 Å². The number of fused-ring (bicyclic) bond motifs is 1. The van der Waals surface area contributed by atoms with Gasteiger partial charge in [-0.1, -0.05) is 34.6 Å². The Morgan fingerprint density at radius 1 is 1.12 bits per heavy atom. The van der Waals surface area contributed by atoms with Crippen molar-refractivity contribution >= 4 is 22.8 Å². The highest BCUT2D eigenvalue weighted by atomic mass is 16.1. The lowest BCUT2D eigenvalue weighted by Crippen LogP contribution is -2.30. The molecule has 2 heterocycles. The molecular formula is C26H37N5O. The maximum Gasteiger partial charge on any atom is 0.277 e. The zero-order valence-corrected chi connectivity index (χ0v) is 21.1. The SMILES string of the molecule is CCN(CC)c1ccc(N=C2C(CC(C)C)=Nn3c2nc(C(C)(C)C)c(C)c3=O)c(C)c1. The summed E-state index contributed by atoms with van der Waals surface area (Å²) >= 11 is 0. The molecule has 0 N–H and O–H groups in total. The minimum atomic E-state index is -0.244. The molecule has 0 unspecified atom stereocenters. The standard InChI is InChI=1S/C26H37N5O/c1-10-30(11-2)19-12-13-20(17(5)15-19)27-22-21(14-16(3)4)29-31-24(22)28-23(26(7,8)9)18(6)25(31)32/h12-13,15-16H,10-11,14H2,1-9H3. The summed E-state index contributed by atoms with van der Waals surface area (Å²) in [7, 11) is 0. The molecule has 0 atom stereocenters. The van der Waals surface area contributed by atoms with Crippen LogP contribution in [-0.2, 0) is 5.41 Å². The van der Waals surface area contributed by atoms with Crippen LogP contribution in [0.1, 0.15) is 77.5 Å². The van der Waals surface area contributed by atoms with Crippen LogP contribution in [0.3, 0.4) is 0 Å². The van der Waals surface area contributed by atoms with Crippen molar-refractivity contribution in [1.29, 1.82) is 0 Å². The molecule has 1 aromatic carbocycles. The van der Waals surface area contributed by atoms with Gasteiger partial charge in [-0.05, 0) is 63.8 Å². The summed E-state index contributed by atoms with van der Waals surface area (Å²) in [5.41, 5.74) is 5.79. The fourth-order valence-corrected chi connectivity index (χ4v) is 4.18. The van der Waals surface area contributed by atoms with Gasteiger partial charge in [-0.2, -0.15) is 9.78 Å². The molecule has 0 saturated carbocycles. The predicted molar refractivity (Wildman–Crippen MR) is 135 cm³/mol. The van der Waals surface area contributed by atoms with Gasteiger partial charge in [0.2, 0.25) is 0 Å². The first-order valence-corrected chi connectivity index (χ1v) is 11.6. The average molecular weight is 436 g/mol. The van der Waals surface area contributed by atoms with Gasteiger partial charge in [0.05, 0.1) is 17.1 Å². The monoisotopic (exact) mass is 435 g/mol. The van der Waals surface area contributed by atoms with Gasteiger partial charge in [-0.3, -0.25) is 4.79 Å². The number of aliphatic imine (C=N–C) groups is 1. The van der Waals surface area contributed by atoms with Crippen molar-refractivity contribution in [3.05, 3.63) is 51.2 Å². The topological polar surface area (TPSA) is 62.9 Å². The van der Waals surface area contributed by atoms with Gasteiger partial charge in [-0.25, -0.2) is 9.98 Å². The third kappa shape index (κ3) is 4.54. The largest absolute Gasteiger partial charge is 0.372 e. The van der Waals surface area contributed by atoms with Crippen LogP contribution in [0.5, 0.6) is 0 Å². The molecule has 1 aliphatic rings. The zero-order valence-electron chi connectivity index (χ0n) is 21.1. The van der Waals surface area contributed by atoms with Crippen molar-refractivity contribution < 1.29 is 0 Å². The molecule has 6 heteroatoms. The van der Waals surface area contributed by atoms with E-state index in [0.717, 1.165) is 42.2 Å². The molecule has 2 aromatic rings. The van der Waals surface area contributed by atoms with E-state index in [-0.39, 0.29) is 11.0 Å². The predicted octanol–water partition coefficient (Wildman–Crippen LogP) is 5.39. The lowest BCUT2D eigenvalue weighted by Gasteiger charge is -2.22. The quantitative estimate of drug-likeness (QED) is 0.611. The fraction of sp³-hybridized carbons (Fsp3) is 0.538. The third-order valence-corrected chi connectivity index (χ3v) is 5.85. The van der Waals surface area contributed by atoms with E-state index >= 15 is 0 Å². The van der Waals surface area contributed by atoms with Crippen molar-refractivity contribution in [2.75, 3.05) is 18.0 Å². The molecule has 0 bridgehead atoms. The summed E-state index contributed by atoms with van der Waals surface area (Å²) in [6.45, 7) is 20.7. The van der Waals surface area contributed by atoms with Gasteiger partial charge >= 0.3 is 0 Å². The smallest absolute Gasteiger partial charge is 0.277 e. The molecule has 1 aliphatic heterocycles. The first kappa shape index (κ1) is 23.9. The molecule has 3 rings (SSSR count). The second-order valence-corrected chi connectivity index (χ2v) is 10.0. The van der Waals surface area contributed by atoms with Crippen LogP contribution in [0.2, 0.25) is 0 Å². The minimum absolute atomic E-state index is 0.111. The van der Waals surface area contributed by atoms with Crippen LogP contribution in [0.25, 0.3) is 0 Å². The third-order valence-electron chi connectivity index (χ3n) is 5.85. The Balaban J connectivity index is 2.19. The Hall–Kier alpha value is -2.76. The molecule has 0 fully saturated rings. The molecule has 1 aromatic heterocycles. The molecule has 0 aliphatic carbocycles. The Labute approximate surface area is 192 Å². The van der Waals surface area contributed by atoms with E-state index in [2.05, 4.69) is 83.6 Å². The first-order chi connectivity index (χ1) is 15.0. The van der Waals surface area contributed by atoms with E-state index in [1.807, 2.05) is 6.92 Å². The van der Waals surface area contributed by atoms with E-state index in [1.54, 1.807) is 0 Å². The first-order valence-electron chi connectivity index (χ1n) is 11.6. The highest BCUT2D eigenvalue weighted by molar-refractivity contribution is 6.49. The fourth-order valence-electron chi connectivity index (χ4n) is 4.18. The van der Waals surface area contributed by atoms with Gasteiger partial charge in [0.1, 0.15) is 5.71 Å². The molecule has 172 valence electrons. The number of benzene rings is 1. The Morgan fingerprint density at radius 3 is 2.31 bits per heavy atom. The van der Waals surface area contributed by atoms with Crippen molar-refractivity contribution in [3.63, 3.8) is 0 Å². The van der Waals surface area contributed by atoms with Gasteiger partial charge in [0.15, 0.2) is 5.82 Å². The summed E-state index contributed by atoms with van der Waals surface area (Å²) < 4.78 is 1.45. The van der Waals surface area contributed by atoms with E-state index in [0.29, 0.717) is 23.0 Å². The van der Waals surface area contributed by atoms with Crippen molar-refractivity contribution in [3.8, 4) is 0 Å². The highest BCUT2D eigenvalue weighted by Crippen LogP contribution is 2.28. The number of rotatable bonds is 6. The van der Waals surface area contributed by atoms with Crippen molar-refractivity contribution in [2.45, 2.75) is 74.1 Å². The number of anilines is 1. The van der Waals surface area contributed by atoms with Crippen molar-refractivity contribution in [1.82, 2.24) is 9.66 Å². The number of aromatic nitrogens is 2. The maximum atomic E-state index is 13.2. The lowest BCUT2D eigenvalue weighted by molar-refractivity contribution is 0.553. The summed E-state index contributed by atoms with van der Waals surface area (Å²) in [6, 6.07) is 6.35. The van der Waals surface area contributed by atoms with Gasteiger partial charge in [0, 0.05) is 29.8 Å². The molecular weight excluding hydrogens is 398 g/mol. The Morgan fingerprint density at radius 2 is 1.78 bits per heavy atom. The van der Waals surface area contributed by atoms with E-state index in [1.165, 1.54) is 10.4 Å². The van der Waals surface area contributed by atoms with Crippen LogP contribution >= 0.6 is 0 Å². The Bertz CT molecular complexity index is 1130. The summed E-state index contributed by atoms with van der Waals surface area (Å²) in [4.78, 5) is 25.4. The molecule has 0 spiro atoms. The summed E-state index contributed by atoms with van der Waals surface area (Å²) in [5.74, 6) is 0.937. The molecule has 6 nitrogen and oxygen atoms in total. The number of aryl methyl sites for hydroxylation is 1. The van der Waals surface area contributed by atoms with Crippen LogP contribution in [0.4, 0.5) is 11.4 Å². The second-order valence-electron chi connectivity index (χ2n) is 10.0. The normalized spacial score (nSPS) is 14.8. The van der Waals surface area contributed by atoms with Crippen LogP contribution in [0, 0.1) is 19.8 Å².